The molecule has 37 heteroatoms. The number of carboxylic acids is 2. The van der Waals surface area contributed by atoms with Crippen molar-refractivity contribution in [2.45, 2.75) is 86.0 Å². The Morgan fingerprint density at radius 3 is 1.11 bits per heavy atom. The number of carbonyl (C=O) groups excluding carboxylic acids is 10. The number of hydrazine groups is 2. The first-order valence-corrected chi connectivity index (χ1v) is 42.8. The number of esters is 4. The monoisotopic (exact) mass is 1950 g/mol. The number of nitrogens with zero attached hydrogens (tertiary/aromatic N) is 7. The van der Waals surface area contributed by atoms with Crippen molar-refractivity contribution in [3.05, 3.63) is 343 Å². The van der Waals surface area contributed by atoms with Crippen LogP contribution in [0.15, 0.2) is 284 Å². The molecule has 14 rings (SSSR count). The summed E-state index contributed by atoms with van der Waals surface area (Å²) in [6, 6.07) is 69.2. The summed E-state index contributed by atoms with van der Waals surface area (Å²) in [6.07, 6.45) is 7.54. The summed E-state index contributed by atoms with van der Waals surface area (Å²) in [5, 5.41) is 45.7. The average molecular weight is 1950 g/mol. The van der Waals surface area contributed by atoms with Gasteiger partial charge in [-0.2, -0.15) is 30.6 Å². The van der Waals surface area contributed by atoms with E-state index in [-0.39, 0.29) is 107 Å². The van der Waals surface area contributed by atoms with Crippen LogP contribution in [0.1, 0.15) is 227 Å². The van der Waals surface area contributed by atoms with E-state index in [1.165, 1.54) is 82.5 Å². The van der Waals surface area contributed by atoms with E-state index >= 15 is 0 Å². The third kappa shape index (κ3) is 36.0. The first-order valence-electron chi connectivity index (χ1n) is 42.8. The molecule has 0 atom stereocenters. The fraction of sp³-hybridized carbons (Fsp3) is 0.214. The molecule has 4 aliphatic rings. The topological polar surface area (TPSA) is 528 Å². The molecule has 0 radical (unpaired) electrons. The largest absolute Gasteiger partial charge is 0.497 e. The molecule has 0 fully saturated rings. The zero-order valence-corrected chi connectivity index (χ0v) is 80.6. The van der Waals surface area contributed by atoms with Gasteiger partial charge in [-0.3, -0.25) is 50.0 Å². The van der Waals surface area contributed by atoms with Crippen molar-refractivity contribution in [1.29, 1.82) is 0 Å². The second-order valence-electron chi connectivity index (χ2n) is 29.0. The van der Waals surface area contributed by atoms with E-state index in [0.717, 1.165) is 111 Å². The quantitative estimate of drug-likeness (QED) is 0.00592. The molecule has 140 heavy (non-hydrogen) atoms. The summed E-state index contributed by atoms with van der Waals surface area (Å²) in [5.74, 6) is 1.57. The Bertz CT molecular complexity index is 6210. The van der Waals surface area contributed by atoms with Crippen molar-refractivity contribution in [3.8, 4) is 17.2 Å². The van der Waals surface area contributed by atoms with E-state index in [0.29, 0.717) is 58.4 Å². The van der Waals surface area contributed by atoms with Crippen molar-refractivity contribution in [1.82, 2.24) is 21.6 Å². The Labute approximate surface area is 821 Å². The maximum Gasteiger partial charge on any atom is 0.337 e. The lowest BCUT2D eigenvalue weighted by atomic mass is 9.96. The number of ketones is 2. The summed E-state index contributed by atoms with van der Waals surface area (Å²) in [6.45, 7) is 9.74. The smallest absolute Gasteiger partial charge is 0.337 e. The summed E-state index contributed by atoms with van der Waals surface area (Å²) < 4.78 is 33.4. The van der Waals surface area contributed by atoms with Gasteiger partial charge < -0.3 is 59.9 Å². The van der Waals surface area contributed by atoms with Crippen LogP contribution in [-0.4, -0.2) is 190 Å². The highest BCUT2D eigenvalue weighted by Gasteiger charge is 2.23. The Hall–Kier alpha value is -16.5. The van der Waals surface area contributed by atoms with Crippen LogP contribution in [0.2, 0.25) is 0 Å². The Morgan fingerprint density at radius 1 is 0.357 bits per heavy atom. The minimum absolute atomic E-state index is 0. The third-order valence-corrected chi connectivity index (χ3v) is 20.1. The number of nitrogens with two attached hydrogens (primary N) is 2. The number of benzene rings is 10. The van der Waals surface area contributed by atoms with Crippen molar-refractivity contribution in [2.75, 3.05) is 62.9 Å². The standard InChI is InChI=1S/C28H23N3O3.C21H21N3O3.C13H14N2O2.C12H14N2O4.C9H10N2O3.C9H11NO2.C9H8O4.C2H6.2ClH.H2O/c1-34-25-11-9-19(10-12-25)23-15-26(29-17-23)21-3-2-4-22(14-21)27-16-24(30-31-27)13-18-5-7-20(8-6-18)28(32)33;1-3-17-12-19(24-23-17)15-5-4-6-16(11-15)21(26)22-13-20(25)14-7-9-18(27-2)10-8-14;1-3-11-8-12(15-14-11)9-5-4-6-10(7-9)13(16)17-2;1-3-10(15)13-14-11(16)8-5-4-6-9(7-8)12(17)18-2;1-14-9(13)7-4-2-3-6(5-7)8(12)11-10;1-12-8-4-2-7(3-5-8)9(11)6-10;1-13-9(12)7-4-2-3-6(5-7)8(10)11;1-2;;;/h2-12,14,17H,13,15-16H2,1H3,(H,32,33);4-11H,3,12-13H2,1-2H3,(H,22,26);4-7H,3,8H2,1-2H3;4-7H,3H2,1-2H3,(H,13,15)(H,14,16);2-5H,10H2,1H3,(H,11,12);2-5H,6,10H2,1H3;2-5H,1H3,(H,10,11);1-2H3;2*1H;1H2. The fourth-order valence-corrected chi connectivity index (χ4v) is 12.5. The lowest BCUT2D eigenvalue weighted by Gasteiger charge is -2.08. The normalized spacial score (nSPS) is 11.7. The number of carbonyl (C=O) groups is 12. The van der Waals surface area contributed by atoms with Crippen molar-refractivity contribution < 1.29 is 106 Å². The molecule has 12 N–H and O–H groups in total. The lowest BCUT2D eigenvalue weighted by Crippen LogP contribution is -2.41. The van der Waals surface area contributed by atoms with Crippen LogP contribution >= 0.6 is 24.8 Å². The maximum absolute atomic E-state index is 12.4. The van der Waals surface area contributed by atoms with Crippen LogP contribution in [0.25, 0.3) is 5.57 Å². The predicted octanol–water partition coefficient (Wildman–Crippen LogP) is 14.9. The number of methoxy groups -OCH3 is 7. The van der Waals surface area contributed by atoms with Crippen LogP contribution in [0.3, 0.4) is 0 Å². The highest BCUT2D eigenvalue weighted by Crippen LogP contribution is 2.30. The number of hydrogen-bond acceptors (Lipinski definition) is 28. The van der Waals surface area contributed by atoms with Gasteiger partial charge >= 0.3 is 35.8 Å². The van der Waals surface area contributed by atoms with E-state index in [4.69, 9.17) is 36.0 Å². The number of halogens is 2. The van der Waals surface area contributed by atoms with Crippen molar-refractivity contribution in [2.24, 2.45) is 47.2 Å². The second kappa shape index (κ2) is 60.8. The zero-order chi connectivity index (χ0) is 99.9. The van der Waals surface area contributed by atoms with Gasteiger partial charge in [-0.1, -0.05) is 120 Å². The van der Waals surface area contributed by atoms with Gasteiger partial charge in [-0.05, 0) is 210 Å². The van der Waals surface area contributed by atoms with E-state index in [2.05, 4.69) is 108 Å². The molecular formula is C103H111Cl2N13O22. The number of rotatable bonds is 27. The van der Waals surface area contributed by atoms with Gasteiger partial charge in [0.2, 0.25) is 5.91 Å². The van der Waals surface area contributed by atoms with Crippen LogP contribution in [0.4, 0.5) is 0 Å². The number of Topliss-reactive ketones (excluding diaryl/α,β-unsaturated/α-hetero) is 2. The number of amides is 4. The Balaban J connectivity index is 0.000000350. The minimum atomic E-state index is -1.06. The molecule has 4 amide bonds. The summed E-state index contributed by atoms with van der Waals surface area (Å²) in [4.78, 5) is 140. The highest BCUT2D eigenvalue weighted by atomic mass is 35.5. The van der Waals surface area contributed by atoms with Gasteiger partial charge in [0.15, 0.2) is 11.6 Å². The molecular weight excluding hydrogens is 1840 g/mol. The van der Waals surface area contributed by atoms with E-state index in [9.17, 15) is 57.5 Å². The molecule has 0 spiro atoms. The number of nitrogen functional groups attached to an aromatic ring is 1. The summed E-state index contributed by atoms with van der Waals surface area (Å²) in [7, 11) is 9.97. The van der Waals surface area contributed by atoms with Crippen LogP contribution < -0.4 is 47.4 Å². The highest BCUT2D eigenvalue weighted by molar-refractivity contribution is 6.19. The number of aliphatic imine (C=N–C) groups is 1. The SMILES string of the molecule is CC.CCC(=O)NNC(=O)c1cccc(C(=O)OC)c1.CCC1=NN=C(c2cccc(C(=O)NCC(=O)c3ccc(OC)cc3)c2)C1.CCC1=NN=C(c2cccc(C(=O)OC)c2)C1.COC(=O)c1cccc(C(=O)NN)c1.COC(=O)c1cccc(C(=O)O)c1.COc1ccc(C(=O)CN)cc1.COc1ccc(C2=CN=C(c3cccc(C4=NN=C(Cc5ccc(C(=O)O)cc5)C4)c3)C2)cc1.Cl.Cl.O. The summed E-state index contributed by atoms with van der Waals surface area (Å²) in [5.41, 5.74) is 29.6. The van der Waals surface area contributed by atoms with Crippen LogP contribution in [0.5, 0.6) is 17.2 Å². The molecule has 0 aliphatic carbocycles. The fourth-order valence-electron chi connectivity index (χ4n) is 12.5. The van der Waals surface area contributed by atoms with Gasteiger partial charge in [0.1, 0.15) is 17.2 Å². The van der Waals surface area contributed by atoms with Gasteiger partial charge in [0.25, 0.3) is 17.7 Å². The molecule has 0 unspecified atom stereocenters. The van der Waals surface area contributed by atoms with Gasteiger partial charge in [0.05, 0.1) is 125 Å². The predicted molar refractivity (Wildman–Crippen MR) is 540 cm³/mol. The molecule has 4 aliphatic heterocycles. The number of aromatic carboxylic acids is 2. The van der Waals surface area contributed by atoms with Gasteiger partial charge in [-0.15, -0.1) is 24.8 Å². The molecule has 10 aromatic rings. The Kier molecular flexibility index (Phi) is 50.3. The number of hydrogen-bond donors (Lipinski definition) is 8. The van der Waals surface area contributed by atoms with Crippen LogP contribution in [0, 0.1) is 0 Å². The lowest BCUT2D eigenvalue weighted by molar-refractivity contribution is -0.121. The molecule has 0 bridgehead atoms. The van der Waals surface area contributed by atoms with Gasteiger partial charge in [-0.25, -0.2) is 34.6 Å². The molecule has 0 saturated carbocycles. The number of nitrogens with one attached hydrogen (secondary N) is 4. The Morgan fingerprint density at radius 2 is 0.707 bits per heavy atom. The first kappa shape index (κ1) is 116. The molecule has 0 saturated heterocycles. The zero-order valence-electron chi connectivity index (χ0n) is 79.0. The third-order valence-electron chi connectivity index (χ3n) is 20.1. The van der Waals surface area contributed by atoms with Crippen molar-refractivity contribution in [3.63, 3.8) is 0 Å². The minimum Gasteiger partial charge on any atom is -0.497 e. The van der Waals surface area contributed by atoms with Gasteiger partial charge in [0, 0.05) is 84.0 Å². The number of carboxylic acid groups (broad SMARTS) is 2. The first-order chi connectivity index (χ1) is 66.1. The molecule has 734 valence electrons. The van der Waals surface area contributed by atoms with Crippen molar-refractivity contribution >= 4 is 141 Å². The van der Waals surface area contributed by atoms with E-state index < -0.39 is 41.7 Å². The molecule has 35 nitrogen and oxygen atoms in total. The van der Waals surface area contributed by atoms with Crippen LogP contribution in [-0.2, 0) is 30.2 Å². The maximum atomic E-state index is 12.4. The second-order valence-corrected chi connectivity index (χ2v) is 29.0. The number of allylic oxidation sites excluding steroid dienone is 1. The summed E-state index contributed by atoms with van der Waals surface area (Å²) >= 11 is 0. The average Bonchev–Trinajstić information content (AvgIpc) is 1.65. The van der Waals surface area contributed by atoms with E-state index in [1.54, 1.807) is 137 Å². The molecule has 0 aromatic heterocycles. The number of ether oxygens (including phenoxy) is 7. The van der Waals surface area contributed by atoms with E-state index in [1.807, 2.05) is 87.0 Å². The molecule has 4 heterocycles. The molecule has 10 aromatic carbocycles.